The van der Waals surface area contributed by atoms with Gasteiger partial charge in [-0.05, 0) is 213 Å². The first-order chi connectivity index (χ1) is 65.3. The number of aliphatic imine (C=N–C) groups is 4. The zero-order valence-electron chi connectivity index (χ0n) is 79.8. The highest BCUT2D eigenvalue weighted by atomic mass is 19.2. The largest absolute Gasteiger partial charge is 0.389 e. The first kappa shape index (κ1) is 94.1. The van der Waals surface area contributed by atoms with Crippen molar-refractivity contribution in [2.24, 2.45) is 20.0 Å². The van der Waals surface area contributed by atoms with E-state index < -0.39 is 17.7 Å². The van der Waals surface area contributed by atoms with Gasteiger partial charge in [0.25, 0.3) is 23.6 Å². The van der Waals surface area contributed by atoms with Crippen LogP contribution in [0.3, 0.4) is 0 Å². The molecule has 20 rings (SSSR count). The van der Waals surface area contributed by atoms with E-state index in [1.807, 2.05) is 174 Å². The summed E-state index contributed by atoms with van der Waals surface area (Å²) in [5.74, 6) is 2.70. The number of carbonyl (C=O) groups is 5. The molecule has 0 aliphatic carbocycles. The molecule has 4 amide bonds. The molecule has 8 aliphatic rings. The van der Waals surface area contributed by atoms with Crippen LogP contribution in [-0.2, 0) is 26.2 Å². The molecule has 1 unspecified atom stereocenters. The van der Waals surface area contributed by atoms with Gasteiger partial charge in [-0.1, -0.05) is 121 Å². The van der Waals surface area contributed by atoms with E-state index >= 15 is 0 Å². The SMILES string of the molecule is C=C(C)c1ccc(Cn2nc3c(c2Nc2ccc(F)c(F)c2)C(=O)N(C)C2=NC(C)(C)CN23)cc1.C=C(C)c1ccc(Cn2nc3c(c2Nc2ccc(F)cc2)C(=O)N(C)C2=NC(C)(C)CN23)cc1.CC(=O)c1ccc(Cn2nc3c(c2Nc2ccc(F)c(C)c2)C(=O)N(C)C2=NC(C)(C)CN23)cc1.CC(O)c1ccc(Cn2nc3c(c2Nc2ccc(F)cc2)C(=O)N(C)C2=NC(C)(C)CN23)cc1. The Kier molecular flexibility index (Phi) is 24.7. The van der Waals surface area contributed by atoms with Crippen molar-refractivity contribution < 1.29 is 51.0 Å². The lowest BCUT2D eigenvalue weighted by Crippen LogP contribution is -2.48. The van der Waals surface area contributed by atoms with Crippen LogP contribution in [-0.4, -0.2) is 194 Å². The van der Waals surface area contributed by atoms with Crippen molar-refractivity contribution >= 4 is 134 Å². The third-order valence-corrected chi connectivity index (χ3v) is 24.7. The van der Waals surface area contributed by atoms with E-state index in [1.165, 1.54) is 48.2 Å². The Hall–Kier alpha value is -15.7. The number of nitrogens with zero attached hydrogens (tertiary/aromatic N) is 20. The van der Waals surface area contributed by atoms with Crippen LogP contribution < -0.4 is 40.9 Å². The second kappa shape index (κ2) is 36.2. The van der Waals surface area contributed by atoms with E-state index in [0.717, 1.165) is 62.2 Å². The lowest BCUT2D eigenvalue weighted by molar-refractivity contribution is 0.0858. The van der Waals surface area contributed by atoms with E-state index in [9.17, 15) is 51.0 Å². The number of halogens is 5. The van der Waals surface area contributed by atoms with E-state index in [2.05, 4.69) is 34.4 Å². The van der Waals surface area contributed by atoms with E-state index in [-0.39, 0.29) is 69.0 Å². The van der Waals surface area contributed by atoms with Crippen molar-refractivity contribution in [3.8, 4) is 0 Å². The molecule has 8 aliphatic heterocycles. The van der Waals surface area contributed by atoms with Gasteiger partial charge in [-0.25, -0.2) is 60.6 Å². The number of benzene rings is 8. The third-order valence-electron chi connectivity index (χ3n) is 24.7. The predicted octanol–water partition coefficient (Wildman–Crippen LogP) is 18.2. The molecular weight excluding hydrogens is 1760 g/mol. The van der Waals surface area contributed by atoms with Gasteiger partial charge in [-0.2, -0.15) is 20.4 Å². The van der Waals surface area contributed by atoms with E-state index in [1.54, 1.807) is 124 Å². The van der Waals surface area contributed by atoms with Crippen LogP contribution >= 0.6 is 0 Å². The Balaban J connectivity index is 0.000000127. The molecule has 4 aromatic heterocycles. The molecule has 12 heterocycles. The molecular formula is C103H107F5N24O6. The van der Waals surface area contributed by atoms with Gasteiger partial charge in [0.1, 0.15) is 63.0 Å². The maximum absolute atomic E-state index is 14.0. The Morgan fingerprint density at radius 1 is 0.370 bits per heavy atom. The second-order valence-electron chi connectivity index (χ2n) is 38.2. The maximum atomic E-state index is 14.0. The number of fused-ring (bicyclic) bond motifs is 12. The van der Waals surface area contributed by atoms with Gasteiger partial charge in [-0.3, -0.25) is 63.2 Å². The number of nitrogens with one attached hydrogen (secondary N) is 4. The number of aliphatic hydroxyl groups is 1. The number of allylic oxidation sites excluding steroid dienone is 2. The van der Waals surface area contributed by atoms with Gasteiger partial charge in [0.2, 0.25) is 23.8 Å². The van der Waals surface area contributed by atoms with Crippen LogP contribution in [0.5, 0.6) is 0 Å². The van der Waals surface area contributed by atoms with Crippen molar-refractivity contribution in [3.05, 3.63) is 297 Å². The number of rotatable bonds is 20. The van der Waals surface area contributed by atoms with E-state index in [4.69, 9.17) is 40.4 Å². The molecule has 710 valence electrons. The fraction of sp³-hybridized carbons (Fsp3) is 0.291. The summed E-state index contributed by atoms with van der Waals surface area (Å²) in [5, 5.41) is 42.2. The topological polar surface area (TPSA) is 300 Å². The monoisotopic (exact) mass is 1870 g/mol. The number of ketones is 1. The Morgan fingerprint density at radius 2 is 0.630 bits per heavy atom. The summed E-state index contributed by atoms with van der Waals surface area (Å²) in [6, 6.07) is 51.3. The van der Waals surface area contributed by atoms with Crippen molar-refractivity contribution in [2.75, 3.05) is 95.2 Å². The van der Waals surface area contributed by atoms with Crippen LogP contribution in [0.4, 0.5) is 91.2 Å². The summed E-state index contributed by atoms with van der Waals surface area (Å²) in [6.07, 6.45) is -0.550. The standard InChI is InChI=1S/C26H26F2N6O.C26H27FN6O2.C26H27FN6O.C25H27FN6O2/c1-15(2)17-8-6-16(7-9-17)13-34-22(29-18-10-11-19(27)20(28)12-18)21-23(31-34)33-14-26(3,4)30-25(33)32(5)24(21)35;1-15-12-19(10-11-20(15)27)28-22-21-23(32-14-26(3,4)29-25(32)31(5)24(21)35)30-33(22)13-17-6-8-18(9-7-17)16(2)34;1-16(2)18-8-6-17(7-9-18)14-33-22(28-20-12-10-19(27)11-13-20)21-23(30-33)32-15-26(3,4)29-25(32)31(5)24(21)34;1-15(33)17-7-5-16(6-8-17)13-32-21(27-19-11-9-18(26)10-12-19)20-22(29-32)31-14-25(2,3)28-24(31)30(4)23(20)34/h6-12,29H,1,13-14H2,2-5H3;6-12,28H,13-14H2,1-5H3;6-13,28H,1,14-15H2,2-5H3;5-12,15,27,33H,13-14H2,1-4H3. The summed E-state index contributed by atoms with van der Waals surface area (Å²) in [6.45, 7) is 36.9. The maximum Gasteiger partial charge on any atom is 0.267 e. The van der Waals surface area contributed by atoms with E-state index in [0.29, 0.717) is 179 Å². The lowest BCUT2D eigenvalue weighted by atomic mass is 10.1. The average Bonchev–Trinajstić information content (AvgIpc) is 1.59. The van der Waals surface area contributed by atoms with Crippen molar-refractivity contribution in [1.82, 2.24) is 58.7 Å². The summed E-state index contributed by atoms with van der Waals surface area (Å²) >= 11 is 0. The molecule has 0 spiro atoms. The molecule has 1 atom stereocenters. The zero-order valence-corrected chi connectivity index (χ0v) is 79.8. The Labute approximate surface area is 795 Å². The van der Waals surface area contributed by atoms with Gasteiger partial charge >= 0.3 is 0 Å². The van der Waals surface area contributed by atoms with Gasteiger partial charge in [0, 0.05) is 62.6 Å². The molecule has 138 heavy (non-hydrogen) atoms. The first-order valence-corrected chi connectivity index (χ1v) is 45.1. The van der Waals surface area contributed by atoms with Crippen LogP contribution in [0.15, 0.2) is 215 Å². The molecule has 5 N–H and O–H groups in total. The molecule has 8 aromatic carbocycles. The molecule has 0 saturated carbocycles. The molecule has 12 aromatic rings. The molecule has 0 radical (unpaired) electrons. The quantitative estimate of drug-likeness (QED) is 0.0350. The highest BCUT2D eigenvalue weighted by molar-refractivity contribution is 6.24. The minimum atomic E-state index is -0.982. The third kappa shape index (κ3) is 18.7. The summed E-state index contributed by atoms with van der Waals surface area (Å²) in [5.41, 5.74) is 12.4. The number of carbonyl (C=O) groups excluding carboxylic acids is 5. The van der Waals surface area contributed by atoms with Crippen molar-refractivity contribution in [3.63, 3.8) is 0 Å². The molecule has 35 heteroatoms. The normalized spacial score (nSPS) is 16.5. The van der Waals surface area contributed by atoms with Gasteiger partial charge in [0.15, 0.2) is 40.7 Å². The first-order valence-electron chi connectivity index (χ1n) is 45.1. The number of hydrogen-bond donors (Lipinski definition) is 5. The van der Waals surface area contributed by atoms with Crippen molar-refractivity contribution in [1.29, 1.82) is 0 Å². The van der Waals surface area contributed by atoms with Gasteiger partial charge in [0.05, 0.1) is 80.6 Å². The summed E-state index contributed by atoms with van der Waals surface area (Å²) in [4.78, 5) is 98.5. The van der Waals surface area contributed by atoms with Crippen LogP contribution in [0, 0.1) is 36.0 Å². The molecule has 0 saturated heterocycles. The highest BCUT2D eigenvalue weighted by Gasteiger charge is 2.50. The second-order valence-corrected chi connectivity index (χ2v) is 38.2. The van der Waals surface area contributed by atoms with Crippen molar-refractivity contribution in [2.45, 2.75) is 144 Å². The fourth-order valence-corrected chi connectivity index (χ4v) is 17.5. The number of amides is 4. The number of guanidine groups is 4. The number of hydrogen-bond acceptors (Lipinski definition) is 22. The number of anilines is 12. The Morgan fingerprint density at radius 3 is 0.899 bits per heavy atom. The number of aromatic nitrogens is 8. The smallest absolute Gasteiger partial charge is 0.267 e. The number of aryl methyl sites for hydroxylation is 1. The zero-order chi connectivity index (χ0) is 98.5. The predicted molar refractivity (Wildman–Crippen MR) is 528 cm³/mol. The fourth-order valence-electron chi connectivity index (χ4n) is 17.5. The molecule has 30 nitrogen and oxygen atoms in total. The van der Waals surface area contributed by atoms with Crippen LogP contribution in [0.2, 0.25) is 0 Å². The minimum absolute atomic E-state index is 0.00256. The van der Waals surface area contributed by atoms with Crippen LogP contribution in [0.1, 0.15) is 185 Å². The minimum Gasteiger partial charge on any atom is -0.389 e. The highest BCUT2D eigenvalue weighted by Crippen LogP contribution is 2.46. The number of Topliss-reactive ketones (excluding diaryl/α,β-unsaturated/α-hetero) is 1. The summed E-state index contributed by atoms with van der Waals surface area (Å²) < 4.78 is 75.3. The van der Waals surface area contributed by atoms with Crippen LogP contribution in [0.25, 0.3) is 11.1 Å². The Bertz CT molecular complexity index is 6830. The molecule has 0 fully saturated rings. The number of aliphatic hydroxyl groups excluding tert-OH is 1. The average molecular weight is 1870 g/mol. The summed E-state index contributed by atoms with van der Waals surface area (Å²) in [7, 11) is 6.83. The molecule has 0 bridgehead atoms. The lowest BCUT2D eigenvalue weighted by Gasteiger charge is -2.30. The van der Waals surface area contributed by atoms with Gasteiger partial charge in [-0.15, -0.1) is 0 Å². The van der Waals surface area contributed by atoms with Gasteiger partial charge < -0.3 is 26.4 Å².